The summed E-state index contributed by atoms with van der Waals surface area (Å²) in [5.41, 5.74) is 14.1. The molecule has 2 atom stereocenters. The lowest BCUT2D eigenvalue weighted by Crippen LogP contribution is -2.38. The van der Waals surface area contributed by atoms with Gasteiger partial charge in [-0.25, -0.2) is 15.0 Å². The Labute approximate surface area is 270 Å². The Balaban J connectivity index is 1.17. The highest BCUT2D eigenvalue weighted by molar-refractivity contribution is 5.89. The first-order chi connectivity index (χ1) is 22.8. The maximum absolute atomic E-state index is 5.16. The molecule has 0 radical (unpaired) electrons. The molecule has 0 fully saturated rings. The van der Waals surface area contributed by atoms with Crippen molar-refractivity contribution in [3.8, 4) is 22.8 Å². The highest BCUT2D eigenvalue weighted by Crippen LogP contribution is 2.46. The fourth-order valence-electron chi connectivity index (χ4n) is 7.73. The summed E-state index contributed by atoms with van der Waals surface area (Å²) in [5, 5.41) is 4.00. The molecule has 3 heterocycles. The van der Waals surface area contributed by atoms with Gasteiger partial charge in [0.05, 0.1) is 11.7 Å². The van der Waals surface area contributed by atoms with Gasteiger partial charge in [-0.05, 0) is 96.6 Å². The third-order valence-corrected chi connectivity index (χ3v) is 10.0. The van der Waals surface area contributed by atoms with Crippen LogP contribution in [0.4, 0.5) is 0 Å². The Bertz CT molecular complexity index is 2060. The lowest BCUT2D eigenvalue weighted by Gasteiger charge is -2.39. The number of hydrogen-bond donors (Lipinski definition) is 1. The molecule has 2 aromatic heterocycles. The van der Waals surface area contributed by atoms with Gasteiger partial charge in [-0.2, -0.15) is 0 Å². The second-order valence-electron chi connectivity index (χ2n) is 12.8. The lowest BCUT2D eigenvalue weighted by atomic mass is 9.74. The summed E-state index contributed by atoms with van der Waals surface area (Å²) in [6.07, 6.45) is 23.1. The maximum Gasteiger partial charge on any atom is 0.163 e. The van der Waals surface area contributed by atoms with Crippen LogP contribution in [0.15, 0.2) is 131 Å². The predicted molar refractivity (Wildman–Crippen MR) is 184 cm³/mol. The molecule has 9 rings (SSSR count). The minimum absolute atomic E-state index is 0.0487. The summed E-state index contributed by atoms with van der Waals surface area (Å²) in [6, 6.07) is 23.6. The summed E-state index contributed by atoms with van der Waals surface area (Å²) in [4.78, 5) is 19.8. The fourth-order valence-corrected chi connectivity index (χ4v) is 7.73. The predicted octanol–water partition coefficient (Wildman–Crippen LogP) is 8.72. The van der Waals surface area contributed by atoms with Crippen molar-refractivity contribution in [3.05, 3.63) is 154 Å². The maximum atomic E-state index is 5.16. The molecule has 1 N–H and O–H groups in total. The Morgan fingerprint density at radius 3 is 2.50 bits per heavy atom. The van der Waals surface area contributed by atoms with Crippen LogP contribution in [0.3, 0.4) is 0 Å². The van der Waals surface area contributed by atoms with Crippen LogP contribution in [-0.4, -0.2) is 26.0 Å². The first-order valence-corrected chi connectivity index (χ1v) is 16.6. The molecule has 46 heavy (non-hydrogen) atoms. The molecule has 0 saturated heterocycles. The SMILES string of the molecule is C1=CC2=C(CC1)CCC1=C2NC2CCC=CC2=C1c1cccc(-c2nc(-c3ccccc3)nc(C3C=Cc4ncccc4C3)n2)c1. The summed E-state index contributed by atoms with van der Waals surface area (Å²) < 4.78 is 0. The van der Waals surface area contributed by atoms with E-state index in [-0.39, 0.29) is 5.92 Å². The zero-order valence-corrected chi connectivity index (χ0v) is 25.8. The first kappa shape index (κ1) is 27.2. The van der Waals surface area contributed by atoms with Gasteiger partial charge >= 0.3 is 0 Å². The average molecular weight is 598 g/mol. The van der Waals surface area contributed by atoms with Crippen molar-refractivity contribution in [1.29, 1.82) is 0 Å². The molecule has 2 aromatic carbocycles. The van der Waals surface area contributed by atoms with Crippen LogP contribution >= 0.6 is 0 Å². The number of allylic oxidation sites excluding steroid dienone is 7. The number of nitrogens with one attached hydrogen (secondary N) is 1. The van der Waals surface area contributed by atoms with E-state index in [0.29, 0.717) is 17.7 Å². The minimum atomic E-state index is 0.0487. The van der Waals surface area contributed by atoms with Crippen molar-refractivity contribution < 1.29 is 0 Å². The molecular formula is C41H35N5. The highest BCUT2D eigenvalue weighted by atomic mass is 15.0. The van der Waals surface area contributed by atoms with Crippen LogP contribution in [0.25, 0.3) is 34.4 Å². The van der Waals surface area contributed by atoms with Crippen molar-refractivity contribution in [2.24, 2.45) is 0 Å². The Morgan fingerprint density at radius 1 is 0.717 bits per heavy atom. The number of dihydropyridines is 1. The molecule has 0 spiro atoms. The Kier molecular flexibility index (Phi) is 6.69. The first-order valence-electron chi connectivity index (χ1n) is 16.6. The van der Waals surface area contributed by atoms with E-state index in [0.717, 1.165) is 61.2 Å². The van der Waals surface area contributed by atoms with Crippen LogP contribution in [0.1, 0.15) is 67.1 Å². The lowest BCUT2D eigenvalue weighted by molar-refractivity contribution is 0.578. The minimum Gasteiger partial charge on any atom is -0.377 e. The second kappa shape index (κ2) is 11.3. The molecule has 5 heteroatoms. The molecule has 4 aliphatic carbocycles. The van der Waals surface area contributed by atoms with Crippen molar-refractivity contribution in [1.82, 2.24) is 25.3 Å². The summed E-state index contributed by atoms with van der Waals surface area (Å²) >= 11 is 0. The molecule has 0 saturated carbocycles. The number of fused-ring (bicyclic) bond motifs is 3. The van der Waals surface area contributed by atoms with E-state index in [1.165, 1.54) is 45.5 Å². The average Bonchev–Trinajstić information content (AvgIpc) is 3.14. The van der Waals surface area contributed by atoms with Crippen LogP contribution < -0.4 is 5.32 Å². The quantitative estimate of drug-likeness (QED) is 0.255. The van der Waals surface area contributed by atoms with Gasteiger partial charge in [-0.3, -0.25) is 4.98 Å². The van der Waals surface area contributed by atoms with Crippen LogP contribution in [-0.2, 0) is 6.42 Å². The fraction of sp³-hybridized carbons (Fsp3) is 0.220. The normalized spacial score (nSPS) is 21.4. The number of rotatable bonds is 4. The van der Waals surface area contributed by atoms with Gasteiger partial charge in [0.25, 0.3) is 0 Å². The van der Waals surface area contributed by atoms with Crippen LogP contribution in [0.5, 0.6) is 0 Å². The molecule has 4 aromatic rings. The Morgan fingerprint density at radius 2 is 1.57 bits per heavy atom. The van der Waals surface area contributed by atoms with E-state index < -0.39 is 0 Å². The molecule has 5 aliphatic rings. The van der Waals surface area contributed by atoms with E-state index in [1.54, 1.807) is 5.57 Å². The molecule has 2 unspecified atom stereocenters. The van der Waals surface area contributed by atoms with E-state index in [4.69, 9.17) is 15.0 Å². The van der Waals surface area contributed by atoms with Crippen molar-refractivity contribution in [2.75, 3.05) is 0 Å². The molecule has 0 amide bonds. The van der Waals surface area contributed by atoms with Crippen LogP contribution in [0.2, 0.25) is 0 Å². The molecule has 1 aliphatic heterocycles. The van der Waals surface area contributed by atoms with Crippen molar-refractivity contribution >= 4 is 11.6 Å². The standard InChI is InChI=1S/C41H35N5/c1-2-11-27(12-3-1)39-44-40(46-41(45-39)31-20-22-35-28(24-31)15-9-23-42-35)30-14-8-13-29(25-30)37-33-17-6-7-18-36(33)43-38-32-16-5-4-10-26(32)19-21-34(37)38/h1-3,5-6,8-9,11-17,20,22-23,25,31,36,43H,4,7,10,18-19,21,24H2. The number of aromatic nitrogens is 4. The number of benzene rings is 2. The monoisotopic (exact) mass is 597 g/mol. The number of nitrogens with zero attached hydrogens (tertiary/aromatic N) is 4. The van der Waals surface area contributed by atoms with E-state index in [9.17, 15) is 0 Å². The second-order valence-corrected chi connectivity index (χ2v) is 12.8. The topological polar surface area (TPSA) is 63.6 Å². The van der Waals surface area contributed by atoms with Gasteiger partial charge in [0, 0.05) is 28.9 Å². The summed E-state index contributed by atoms with van der Waals surface area (Å²) in [7, 11) is 0. The molecular weight excluding hydrogens is 562 g/mol. The van der Waals surface area contributed by atoms with E-state index in [2.05, 4.69) is 89.2 Å². The third kappa shape index (κ3) is 4.78. The smallest absolute Gasteiger partial charge is 0.163 e. The van der Waals surface area contributed by atoms with Gasteiger partial charge in [0.1, 0.15) is 5.82 Å². The summed E-state index contributed by atoms with van der Waals surface area (Å²) in [5.74, 6) is 2.26. The van der Waals surface area contributed by atoms with Gasteiger partial charge in [0.2, 0.25) is 0 Å². The Hall–Kier alpha value is -5.16. The largest absolute Gasteiger partial charge is 0.377 e. The van der Waals surface area contributed by atoms with Gasteiger partial charge in [-0.1, -0.05) is 90.6 Å². The number of pyridine rings is 1. The summed E-state index contributed by atoms with van der Waals surface area (Å²) in [6.45, 7) is 0. The van der Waals surface area contributed by atoms with Gasteiger partial charge in [-0.15, -0.1) is 0 Å². The zero-order chi connectivity index (χ0) is 30.5. The van der Waals surface area contributed by atoms with Crippen molar-refractivity contribution in [3.63, 3.8) is 0 Å². The molecule has 224 valence electrons. The van der Waals surface area contributed by atoms with E-state index >= 15 is 0 Å². The molecule has 5 nitrogen and oxygen atoms in total. The van der Waals surface area contributed by atoms with E-state index in [1.807, 2.05) is 30.5 Å². The van der Waals surface area contributed by atoms with Gasteiger partial charge < -0.3 is 5.32 Å². The van der Waals surface area contributed by atoms with Gasteiger partial charge in [0.15, 0.2) is 11.6 Å². The van der Waals surface area contributed by atoms with Crippen molar-refractivity contribution in [2.45, 2.75) is 56.9 Å². The number of hydrogen-bond acceptors (Lipinski definition) is 5. The third-order valence-electron chi connectivity index (χ3n) is 10.0. The molecule has 0 bridgehead atoms. The zero-order valence-electron chi connectivity index (χ0n) is 25.8. The van der Waals surface area contributed by atoms with Crippen LogP contribution in [0, 0.1) is 0 Å². The highest BCUT2D eigenvalue weighted by Gasteiger charge is 2.33.